The maximum Gasteiger partial charge on any atom is 0.255 e. The average molecular weight is 235 g/mol. The molecule has 0 spiro atoms. The van der Waals surface area contributed by atoms with E-state index >= 15 is 0 Å². The highest BCUT2D eigenvalue weighted by Crippen LogP contribution is 2.12. The Hall–Kier alpha value is -1.58. The number of aromatic nitrogens is 1. The first-order valence-corrected chi connectivity index (χ1v) is 6.05. The quantitative estimate of drug-likeness (QED) is 0.822. The number of rotatable bonds is 5. The molecule has 1 heterocycles. The molecule has 3 N–H and O–H groups in total. The lowest BCUT2D eigenvalue weighted by Gasteiger charge is -2.17. The molecule has 0 saturated carbocycles. The van der Waals surface area contributed by atoms with Crippen molar-refractivity contribution in [2.45, 2.75) is 39.7 Å². The van der Waals surface area contributed by atoms with Crippen LogP contribution in [0.25, 0.3) is 0 Å². The van der Waals surface area contributed by atoms with Crippen LogP contribution in [0.5, 0.6) is 0 Å². The van der Waals surface area contributed by atoms with Crippen molar-refractivity contribution in [3.8, 4) is 0 Å². The van der Waals surface area contributed by atoms with Crippen LogP contribution in [0.4, 0.5) is 5.69 Å². The fourth-order valence-electron chi connectivity index (χ4n) is 1.73. The molecule has 1 aromatic heterocycles. The highest BCUT2D eigenvalue weighted by Gasteiger charge is 2.14. The van der Waals surface area contributed by atoms with Crippen LogP contribution in [0.15, 0.2) is 18.5 Å². The summed E-state index contributed by atoms with van der Waals surface area (Å²) in [6.45, 7) is 6.34. The number of nitrogens with one attached hydrogen (secondary N) is 1. The highest BCUT2D eigenvalue weighted by molar-refractivity contribution is 5.98. The summed E-state index contributed by atoms with van der Waals surface area (Å²) < 4.78 is 0. The minimum atomic E-state index is -0.147. The molecule has 4 nitrogen and oxygen atoms in total. The lowest BCUT2D eigenvalue weighted by molar-refractivity contribution is 0.0936. The van der Waals surface area contributed by atoms with Crippen molar-refractivity contribution >= 4 is 11.6 Å². The smallest absolute Gasteiger partial charge is 0.255 e. The lowest BCUT2D eigenvalue weighted by atomic mass is 10.0. The van der Waals surface area contributed by atoms with Crippen molar-refractivity contribution in [3.05, 3.63) is 24.0 Å². The number of amides is 1. The Kier molecular flexibility index (Phi) is 4.94. The second-order valence-corrected chi connectivity index (χ2v) is 4.59. The molecule has 0 fully saturated rings. The Bertz CT molecular complexity index is 379. The van der Waals surface area contributed by atoms with E-state index in [0.717, 1.165) is 12.8 Å². The van der Waals surface area contributed by atoms with E-state index in [1.165, 1.54) is 6.20 Å². The third-order valence-corrected chi connectivity index (χ3v) is 2.93. The second-order valence-electron chi connectivity index (χ2n) is 4.59. The van der Waals surface area contributed by atoms with E-state index in [4.69, 9.17) is 5.73 Å². The summed E-state index contributed by atoms with van der Waals surface area (Å²) >= 11 is 0. The van der Waals surface area contributed by atoms with Gasteiger partial charge in [-0.15, -0.1) is 0 Å². The molecule has 0 aliphatic rings. The molecule has 0 aliphatic carbocycles. The number of carbonyl (C=O) groups excluding carboxylic acids is 1. The van der Waals surface area contributed by atoms with Crippen LogP contribution in [0.2, 0.25) is 0 Å². The van der Waals surface area contributed by atoms with Gasteiger partial charge in [-0.1, -0.05) is 20.3 Å². The van der Waals surface area contributed by atoms with Crippen LogP contribution in [0.3, 0.4) is 0 Å². The van der Waals surface area contributed by atoms with Gasteiger partial charge in [0.2, 0.25) is 0 Å². The Morgan fingerprint density at radius 2 is 2.24 bits per heavy atom. The first kappa shape index (κ1) is 13.5. The summed E-state index contributed by atoms with van der Waals surface area (Å²) in [6, 6.07) is 1.78. The SMILES string of the molecule is CCC(C)CC(C)NC(=O)c1cnccc1N. The molecule has 1 amide bonds. The van der Waals surface area contributed by atoms with Gasteiger partial charge in [-0.2, -0.15) is 0 Å². The Labute approximate surface area is 103 Å². The van der Waals surface area contributed by atoms with Crippen molar-refractivity contribution in [2.24, 2.45) is 5.92 Å². The maximum absolute atomic E-state index is 11.9. The standard InChI is InChI=1S/C13H21N3O/c1-4-9(2)7-10(3)16-13(17)11-8-15-6-5-12(11)14/h5-6,8-10H,4,7H2,1-3H3,(H2,14,15)(H,16,17). The predicted molar refractivity (Wildman–Crippen MR) is 69.6 cm³/mol. The summed E-state index contributed by atoms with van der Waals surface area (Å²) in [6.07, 6.45) is 5.17. The van der Waals surface area contributed by atoms with E-state index in [-0.39, 0.29) is 11.9 Å². The number of carbonyl (C=O) groups is 1. The van der Waals surface area contributed by atoms with Crippen molar-refractivity contribution in [2.75, 3.05) is 5.73 Å². The fraction of sp³-hybridized carbons (Fsp3) is 0.538. The van der Waals surface area contributed by atoms with E-state index in [1.54, 1.807) is 12.3 Å². The monoisotopic (exact) mass is 235 g/mol. The summed E-state index contributed by atoms with van der Waals surface area (Å²) in [4.78, 5) is 15.8. The Morgan fingerprint density at radius 3 is 2.82 bits per heavy atom. The van der Waals surface area contributed by atoms with Crippen LogP contribution in [0.1, 0.15) is 44.0 Å². The number of nitrogens with two attached hydrogens (primary N) is 1. The molecule has 1 rings (SSSR count). The Morgan fingerprint density at radius 1 is 1.53 bits per heavy atom. The van der Waals surface area contributed by atoms with Gasteiger partial charge in [0.25, 0.3) is 5.91 Å². The van der Waals surface area contributed by atoms with Gasteiger partial charge in [0.1, 0.15) is 0 Å². The molecule has 4 heteroatoms. The van der Waals surface area contributed by atoms with Crippen molar-refractivity contribution in [1.29, 1.82) is 0 Å². The van der Waals surface area contributed by atoms with E-state index in [9.17, 15) is 4.79 Å². The van der Waals surface area contributed by atoms with Gasteiger partial charge < -0.3 is 11.1 Å². The molecular formula is C13H21N3O. The molecular weight excluding hydrogens is 214 g/mol. The topological polar surface area (TPSA) is 68.0 Å². The van der Waals surface area contributed by atoms with E-state index in [2.05, 4.69) is 24.1 Å². The number of pyridine rings is 1. The van der Waals surface area contributed by atoms with Crippen LogP contribution in [-0.2, 0) is 0 Å². The number of hydrogen-bond donors (Lipinski definition) is 2. The molecule has 0 bridgehead atoms. The van der Waals surface area contributed by atoms with Crippen LogP contribution in [0, 0.1) is 5.92 Å². The average Bonchev–Trinajstić information content (AvgIpc) is 2.29. The molecule has 0 aromatic carbocycles. The Balaban J connectivity index is 2.58. The summed E-state index contributed by atoms with van der Waals surface area (Å²) in [5, 5.41) is 2.94. The zero-order chi connectivity index (χ0) is 12.8. The van der Waals surface area contributed by atoms with Gasteiger partial charge in [-0.3, -0.25) is 9.78 Å². The van der Waals surface area contributed by atoms with E-state index < -0.39 is 0 Å². The summed E-state index contributed by atoms with van der Waals surface area (Å²) in [7, 11) is 0. The molecule has 94 valence electrons. The second kappa shape index (κ2) is 6.23. The zero-order valence-corrected chi connectivity index (χ0v) is 10.7. The largest absolute Gasteiger partial charge is 0.398 e. The molecule has 1 aromatic rings. The van der Waals surface area contributed by atoms with Crippen molar-refractivity contribution in [1.82, 2.24) is 10.3 Å². The van der Waals surface area contributed by atoms with Gasteiger partial charge in [0.15, 0.2) is 0 Å². The summed E-state index contributed by atoms with van der Waals surface area (Å²) in [5.41, 5.74) is 6.64. The van der Waals surface area contributed by atoms with Crippen LogP contribution >= 0.6 is 0 Å². The third-order valence-electron chi connectivity index (χ3n) is 2.93. The summed E-state index contributed by atoms with van der Waals surface area (Å²) in [5.74, 6) is 0.461. The predicted octanol–water partition coefficient (Wildman–Crippen LogP) is 2.22. The first-order chi connectivity index (χ1) is 8.04. The first-order valence-electron chi connectivity index (χ1n) is 6.05. The minimum absolute atomic E-state index is 0.147. The van der Waals surface area contributed by atoms with Crippen molar-refractivity contribution < 1.29 is 4.79 Å². The van der Waals surface area contributed by atoms with Gasteiger partial charge in [0.05, 0.1) is 5.56 Å². The zero-order valence-electron chi connectivity index (χ0n) is 10.7. The molecule has 0 radical (unpaired) electrons. The van der Waals surface area contributed by atoms with E-state index in [0.29, 0.717) is 17.2 Å². The number of nitrogen functional groups attached to an aromatic ring is 1. The molecule has 0 aliphatic heterocycles. The van der Waals surface area contributed by atoms with Crippen molar-refractivity contribution in [3.63, 3.8) is 0 Å². The number of nitrogens with zero attached hydrogens (tertiary/aromatic N) is 1. The van der Waals surface area contributed by atoms with Gasteiger partial charge in [-0.05, 0) is 25.3 Å². The highest BCUT2D eigenvalue weighted by atomic mass is 16.1. The van der Waals surface area contributed by atoms with Crippen LogP contribution in [-0.4, -0.2) is 16.9 Å². The molecule has 0 saturated heterocycles. The van der Waals surface area contributed by atoms with E-state index in [1.807, 2.05) is 6.92 Å². The number of anilines is 1. The maximum atomic E-state index is 11.9. The fourth-order valence-corrected chi connectivity index (χ4v) is 1.73. The lowest BCUT2D eigenvalue weighted by Crippen LogP contribution is -2.34. The number of hydrogen-bond acceptors (Lipinski definition) is 3. The minimum Gasteiger partial charge on any atom is -0.398 e. The van der Waals surface area contributed by atoms with Gasteiger partial charge >= 0.3 is 0 Å². The third kappa shape index (κ3) is 4.06. The van der Waals surface area contributed by atoms with Gasteiger partial charge in [0, 0.05) is 24.1 Å². The van der Waals surface area contributed by atoms with Crippen LogP contribution < -0.4 is 11.1 Å². The normalized spacial score (nSPS) is 14.1. The molecule has 17 heavy (non-hydrogen) atoms. The van der Waals surface area contributed by atoms with Gasteiger partial charge in [-0.25, -0.2) is 0 Å². The molecule has 2 atom stereocenters. The molecule has 2 unspecified atom stereocenters.